The van der Waals surface area contributed by atoms with Gasteiger partial charge in [-0.3, -0.25) is 4.98 Å². The normalized spacial score (nSPS) is 11.6. The summed E-state index contributed by atoms with van der Waals surface area (Å²) in [6, 6.07) is 52.9. The summed E-state index contributed by atoms with van der Waals surface area (Å²) in [6.07, 6.45) is 3.67. The zero-order valence-electron chi connectivity index (χ0n) is 26.7. The Morgan fingerprint density at radius 2 is 1.16 bits per heavy atom. The van der Waals surface area contributed by atoms with Crippen molar-refractivity contribution in [2.24, 2.45) is 0 Å². The van der Waals surface area contributed by atoms with Crippen LogP contribution in [0.4, 0.5) is 0 Å². The number of hydrogen-bond acceptors (Lipinski definition) is 5. The summed E-state index contributed by atoms with van der Waals surface area (Å²) in [5, 5.41) is 4.65. The van der Waals surface area contributed by atoms with Crippen LogP contribution in [-0.2, 0) is 0 Å². The van der Waals surface area contributed by atoms with Crippen LogP contribution in [-0.4, -0.2) is 15.0 Å². The van der Waals surface area contributed by atoms with Crippen molar-refractivity contribution in [1.82, 2.24) is 15.0 Å². The van der Waals surface area contributed by atoms with Crippen molar-refractivity contribution in [3.8, 4) is 56.2 Å². The second kappa shape index (κ2) is 11.6. The summed E-state index contributed by atoms with van der Waals surface area (Å²) < 4.78 is 9.30. The maximum atomic E-state index is 6.72. The molecule has 4 aromatic heterocycles. The third-order valence-corrected chi connectivity index (χ3v) is 10.6. The number of aromatic nitrogens is 3. The second-order valence-electron chi connectivity index (χ2n) is 12.4. The summed E-state index contributed by atoms with van der Waals surface area (Å²) in [5.74, 6) is 0.666. The first-order chi connectivity index (χ1) is 24.8. The van der Waals surface area contributed by atoms with E-state index >= 15 is 0 Å². The minimum Gasteiger partial charge on any atom is -0.455 e. The zero-order chi connectivity index (χ0) is 33.0. The third kappa shape index (κ3) is 4.79. The van der Waals surface area contributed by atoms with Gasteiger partial charge in [-0.15, -0.1) is 11.3 Å². The number of nitrogens with zero attached hydrogens (tertiary/aromatic N) is 3. The van der Waals surface area contributed by atoms with Crippen LogP contribution in [0.5, 0.6) is 0 Å². The van der Waals surface area contributed by atoms with Crippen molar-refractivity contribution < 1.29 is 4.42 Å². The molecule has 0 spiro atoms. The Hall–Kier alpha value is -6.43. The Bertz CT molecular complexity index is 2860. The van der Waals surface area contributed by atoms with Gasteiger partial charge in [0.1, 0.15) is 11.2 Å². The van der Waals surface area contributed by atoms with E-state index in [0.717, 1.165) is 72.3 Å². The molecule has 10 aromatic rings. The van der Waals surface area contributed by atoms with Gasteiger partial charge in [-0.1, -0.05) is 109 Å². The summed E-state index contributed by atoms with van der Waals surface area (Å²) in [6.45, 7) is 0. The predicted octanol–water partition coefficient (Wildman–Crippen LogP) is 12.5. The van der Waals surface area contributed by atoms with E-state index in [-0.39, 0.29) is 0 Å². The molecule has 0 atom stereocenters. The number of benzene rings is 6. The number of fused-ring (bicyclic) bond motifs is 6. The van der Waals surface area contributed by atoms with Crippen LogP contribution in [0, 0.1) is 0 Å². The van der Waals surface area contributed by atoms with Gasteiger partial charge in [-0.25, -0.2) is 9.97 Å². The molecule has 0 amide bonds. The highest BCUT2D eigenvalue weighted by atomic mass is 32.1. The van der Waals surface area contributed by atoms with Crippen molar-refractivity contribution in [3.63, 3.8) is 0 Å². The average molecular weight is 658 g/mol. The van der Waals surface area contributed by atoms with Crippen LogP contribution in [0.1, 0.15) is 0 Å². The van der Waals surface area contributed by atoms with Crippen molar-refractivity contribution in [2.45, 2.75) is 0 Å². The number of thiophene rings is 1. The van der Waals surface area contributed by atoms with E-state index in [2.05, 4.69) is 120 Å². The van der Waals surface area contributed by atoms with Crippen molar-refractivity contribution in [3.05, 3.63) is 164 Å². The molecular weight excluding hydrogens is 631 g/mol. The topological polar surface area (TPSA) is 51.8 Å². The number of hydrogen-bond donors (Lipinski definition) is 0. The van der Waals surface area contributed by atoms with Crippen molar-refractivity contribution in [1.29, 1.82) is 0 Å². The van der Waals surface area contributed by atoms with Crippen molar-refractivity contribution in [2.75, 3.05) is 0 Å². The van der Waals surface area contributed by atoms with Gasteiger partial charge in [0.25, 0.3) is 0 Å². The third-order valence-electron chi connectivity index (χ3n) is 9.42. The van der Waals surface area contributed by atoms with Crippen LogP contribution < -0.4 is 0 Å². The monoisotopic (exact) mass is 657 g/mol. The predicted molar refractivity (Wildman–Crippen MR) is 207 cm³/mol. The van der Waals surface area contributed by atoms with Crippen LogP contribution >= 0.6 is 11.3 Å². The second-order valence-corrected chi connectivity index (χ2v) is 13.5. The molecular formula is C45H27N3OS. The maximum Gasteiger partial charge on any atom is 0.160 e. The van der Waals surface area contributed by atoms with E-state index in [1.54, 1.807) is 6.20 Å². The summed E-state index contributed by atoms with van der Waals surface area (Å²) in [4.78, 5) is 14.6. The molecule has 0 fully saturated rings. The fourth-order valence-electron chi connectivity index (χ4n) is 6.98. The Morgan fingerprint density at radius 3 is 2.02 bits per heavy atom. The first-order valence-electron chi connectivity index (χ1n) is 16.6. The van der Waals surface area contributed by atoms with Gasteiger partial charge in [0.15, 0.2) is 5.82 Å². The quantitative estimate of drug-likeness (QED) is 0.185. The van der Waals surface area contributed by atoms with E-state index in [1.165, 1.54) is 20.2 Å². The molecule has 0 saturated carbocycles. The zero-order valence-corrected chi connectivity index (χ0v) is 27.6. The Balaban J connectivity index is 1.18. The van der Waals surface area contributed by atoms with Gasteiger partial charge in [-0.05, 0) is 59.2 Å². The van der Waals surface area contributed by atoms with E-state index in [4.69, 9.17) is 14.4 Å². The van der Waals surface area contributed by atoms with E-state index in [0.29, 0.717) is 5.82 Å². The highest BCUT2D eigenvalue weighted by Crippen LogP contribution is 2.44. The molecule has 4 nitrogen and oxygen atoms in total. The summed E-state index contributed by atoms with van der Waals surface area (Å²) in [7, 11) is 0. The van der Waals surface area contributed by atoms with Gasteiger partial charge >= 0.3 is 0 Å². The molecule has 4 heterocycles. The fraction of sp³-hybridized carbons (Fsp3) is 0. The molecule has 234 valence electrons. The van der Waals surface area contributed by atoms with Gasteiger partial charge in [0, 0.05) is 65.6 Å². The number of rotatable bonds is 5. The van der Waals surface area contributed by atoms with Crippen LogP contribution in [0.3, 0.4) is 0 Å². The van der Waals surface area contributed by atoms with Crippen molar-refractivity contribution >= 4 is 53.4 Å². The van der Waals surface area contributed by atoms with Gasteiger partial charge < -0.3 is 4.42 Å². The molecule has 0 N–H and O–H groups in total. The van der Waals surface area contributed by atoms with Gasteiger partial charge in [0.05, 0.1) is 11.4 Å². The number of para-hydroxylation sites is 1. The molecule has 0 bridgehead atoms. The van der Waals surface area contributed by atoms with E-state index in [9.17, 15) is 0 Å². The van der Waals surface area contributed by atoms with Gasteiger partial charge in [-0.2, -0.15) is 0 Å². The Morgan fingerprint density at radius 1 is 0.460 bits per heavy atom. The van der Waals surface area contributed by atoms with Gasteiger partial charge in [0.2, 0.25) is 0 Å². The molecule has 0 aliphatic heterocycles. The van der Waals surface area contributed by atoms with E-state index in [1.807, 2.05) is 53.9 Å². The molecule has 50 heavy (non-hydrogen) atoms. The van der Waals surface area contributed by atoms with Crippen LogP contribution in [0.25, 0.3) is 98.3 Å². The lowest BCUT2D eigenvalue weighted by atomic mass is 9.95. The highest BCUT2D eigenvalue weighted by molar-refractivity contribution is 7.25. The first-order valence-corrected chi connectivity index (χ1v) is 17.4. The standard InChI is InChI=1S/C45H27N3OS/c1-2-9-29(10-3-1)38-26-39(48-45(47-38)30-18-16-28(17-19-30)32-11-8-24-46-27-32)35-22-21-33(44-43(35)36-13-4-6-14-40(36)49-44)31-20-23-42-37(25-31)34-12-5-7-15-41(34)50-42/h1-27H. The highest BCUT2D eigenvalue weighted by Gasteiger charge is 2.20. The fourth-order valence-corrected chi connectivity index (χ4v) is 8.07. The molecule has 0 radical (unpaired) electrons. The number of pyridine rings is 1. The Labute approximate surface area is 292 Å². The Kier molecular flexibility index (Phi) is 6.64. The molecule has 0 aliphatic carbocycles. The molecule has 10 rings (SSSR count). The van der Waals surface area contributed by atoms with E-state index < -0.39 is 0 Å². The molecule has 0 saturated heterocycles. The first kappa shape index (κ1) is 28.6. The van der Waals surface area contributed by atoms with Crippen LogP contribution in [0.2, 0.25) is 0 Å². The minimum absolute atomic E-state index is 0.666. The summed E-state index contributed by atoms with van der Waals surface area (Å²) >= 11 is 1.83. The maximum absolute atomic E-state index is 6.72. The largest absolute Gasteiger partial charge is 0.455 e. The number of furan rings is 1. The van der Waals surface area contributed by atoms with Crippen LogP contribution in [0.15, 0.2) is 168 Å². The summed E-state index contributed by atoms with van der Waals surface area (Å²) in [5.41, 5.74) is 10.7. The minimum atomic E-state index is 0.666. The lowest BCUT2D eigenvalue weighted by molar-refractivity contribution is 0.670. The lowest BCUT2D eigenvalue weighted by Crippen LogP contribution is -1.96. The average Bonchev–Trinajstić information content (AvgIpc) is 3.77. The smallest absolute Gasteiger partial charge is 0.160 e. The molecule has 6 aromatic carbocycles. The molecule has 0 unspecified atom stereocenters. The molecule has 0 aliphatic rings. The lowest BCUT2D eigenvalue weighted by Gasteiger charge is -2.12. The SMILES string of the molecule is c1ccc(-c2cc(-c3ccc(-c4ccc5sc6ccccc6c5c4)c4oc5ccccc5c34)nc(-c3ccc(-c4cccnc4)cc3)n2)cc1. The molecule has 5 heteroatoms.